The Morgan fingerprint density at radius 1 is 1.18 bits per heavy atom. The quantitative estimate of drug-likeness (QED) is 0.416. The molecule has 1 aliphatic carbocycles. The molecule has 7 nitrogen and oxygen atoms in total. The lowest BCUT2D eigenvalue weighted by atomic mass is 9.98. The Bertz CT molecular complexity index is 1080. The number of benzene rings is 1. The molecule has 2 aromatic rings. The Morgan fingerprint density at radius 2 is 1.85 bits per heavy atom. The summed E-state index contributed by atoms with van der Waals surface area (Å²) in [6.07, 6.45) is 4.10. The average Bonchev–Trinajstić information content (AvgIpc) is 3.10. The van der Waals surface area contributed by atoms with Crippen LogP contribution in [0.3, 0.4) is 0 Å². The van der Waals surface area contributed by atoms with Crippen molar-refractivity contribution in [2.45, 2.75) is 30.1 Å². The van der Waals surface area contributed by atoms with E-state index in [0.717, 1.165) is 12.0 Å². The van der Waals surface area contributed by atoms with Gasteiger partial charge in [-0.3, -0.25) is 4.79 Å². The highest BCUT2D eigenvalue weighted by Gasteiger charge is 2.34. The van der Waals surface area contributed by atoms with Gasteiger partial charge < -0.3 is 10.1 Å². The van der Waals surface area contributed by atoms with Crippen LogP contribution in [0.1, 0.15) is 18.4 Å². The van der Waals surface area contributed by atoms with Crippen molar-refractivity contribution < 1.29 is 26.7 Å². The first-order chi connectivity index (χ1) is 15.7. The summed E-state index contributed by atoms with van der Waals surface area (Å²) >= 11 is 1.63. The summed E-state index contributed by atoms with van der Waals surface area (Å²) in [4.78, 5) is 21.4. The summed E-state index contributed by atoms with van der Waals surface area (Å²) in [5.74, 6) is 0.276. The van der Waals surface area contributed by atoms with Gasteiger partial charge in [-0.1, -0.05) is 18.2 Å². The lowest BCUT2D eigenvalue weighted by Crippen LogP contribution is -2.16. The van der Waals surface area contributed by atoms with E-state index in [1.165, 1.54) is 42.7 Å². The second kappa shape index (κ2) is 11.1. The molecule has 0 bridgehead atoms. The molecule has 1 saturated carbocycles. The van der Waals surface area contributed by atoms with Gasteiger partial charge >= 0.3 is 0 Å². The number of allylic oxidation sites excluding steroid dienone is 1. The van der Waals surface area contributed by atoms with E-state index in [1.807, 2.05) is 6.26 Å². The minimum atomic E-state index is -3.41. The van der Waals surface area contributed by atoms with Crippen LogP contribution in [0.2, 0.25) is 0 Å². The third kappa shape index (κ3) is 6.97. The number of rotatable bonds is 9. The summed E-state index contributed by atoms with van der Waals surface area (Å²) in [6, 6.07) is 5.75. The number of aromatic nitrogens is 2. The Labute approximate surface area is 196 Å². The van der Waals surface area contributed by atoms with Crippen molar-refractivity contribution >= 4 is 38.9 Å². The zero-order valence-electron chi connectivity index (χ0n) is 18.2. The highest BCUT2D eigenvalue weighted by atomic mass is 32.2. The molecule has 3 atom stereocenters. The Morgan fingerprint density at radius 3 is 2.39 bits per heavy atom. The Balaban J connectivity index is 1.82. The summed E-state index contributed by atoms with van der Waals surface area (Å²) in [7, 11) is -3.41. The maximum Gasteiger partial charge on any atom is 0.257 e. The number of alkyl halides is 2. The summed E-state index contributed by atoms with van der Waals surface area (Å²) in [6.45, 7) is 0.477. The van der Waals surface area contributed by atoms with E-state index in [1.54, 1.807) is 11.8 Å². The molecule has 1 fully saturated rings. The second-order valence-corrected chi connectivity index (χ2v) is 10.7. The zero-order chi connectivity index (χ0) is 24.0. The van der Waals surface area contributed by atoms with Crippen LogP contribution in [0, 0.1) is 5.92 Å². The number of amides is 1. The van der Waals surface area contributed by atoms with Crippen molar-refractivity contribution in [2.75, 3.05) is 30.2 Å². The molecule has 1 aliphatic rings. The van der Waals surface area contributed by atoms with Crippen molar-refractivity contribution in [3.8, 4) is 5.88 Å². The van der Waals surface area contributed by atoms with Gasteiger partial charge in [0.15, 0.2) is 15.7 Å². The number of hydrogen-bond acceptors (Lipinski definition) is 7. The van der Waals surface area contributed by atoms with Crippen molar-refractivity contribution in [1.82, 2.24) is 9.97 Å². The van der Waals surface area contributed by atoms with Crippen LogP contribution in [0.4, 0.5) is 14.6 Å². The van der Waals surface area contributed by atoms with E-state index in [2.05, 4.69) is 15.3 Å². The van der Waals surface area contributed by atoms with E-state index < -0.39 is 34.0 Å². The molecule has 0 radical (unpaired) electrons. The molecule has 0 saturated heterocycles. The predicted octanol–water partition coefficient (Wildman–Crippen LogP) is 3.73. The van der Waals surface area contributed by atoms with E-state index in [-0.39, 0.29) is 29.1 Å². The molecular formula is C22H25F2N3O4S2. The van der Waals surface area contributed by atoms with Gasteiger partial charge in [0.25, 0.3) is 5.91 Å². The van der Waals surface area contributed by atoms with Gasteiger partial charge in [-0.15, -0.1) is 0 Å². The van der Waals surface area contributed by atoms with Crippen LogP contribution in [0.15, 0.2) is 47.6 Å². The van der Waals surface area contributed by atoms with Gasteiger partial charge in [0, 0.05) is 17.6 Å². The van der Waals surface area contributed by atoms with Crippen molar-refractivity contribution in [3.05, 3.63) is 48.3 Å². The molecule has 1 aromatic carbocycles. The smallest absolute Gasteiger partial charge is 0.257 e. The minimum Gasteiger partial charge on any atom is -0.476 e. The number of nitrogens with one attached hydrogen (secondary N) is 1. The molecule has 0 aliphatic heterocycles. The summed E-state index contributed by atoms with van der Waals surface area (Å²) in [5.41, 5.74) is 0.589. The van der Waals surface area contributed by atoms with Crippen LogP contribution in [-0.2, 0) is 14.6 Å². The molecule has 1 aromatic heterocycles. The molecule has 33 heavy (non-hydrogen) atoms. The largest absolute Gasteiger partial charge is 0.476 e. The van der Waals surface area contributed by atoms with Crippen LogP contribution in [0.25, 0.3) is 5.57 Å². The zero-order valence-corrected chi connectivity index (χ0v) is 19.8. The second-order valence-electron chi connectivity index (χ2n) is 7.68. The lowest BCUT2D eigenvalue weighted by Gasteiger charge is -2.12. The van der Waals surface area contributed by atoms with Crippen LogP contribution < -0.4 is 10.1 Å². The van der Waals surface area contributed by atoms with Gasteiger partial charge in [0.1, 0.15) is 12.3 Å². The summed E-state index contributed by atoms with van der Waals surface area (Å²) < 4.78 is 56.3. The Kier molecular flexibility index (Phi) is 8.41. The topological polar surface area (TPSA) is 98.2 Å². The standard InChI is InChI=1S/C22H25F2N3O4S2/c1-32-8-7-31-21-13-25-20(12-26-21)27-22(28)17(9-14-10-18(23)19(24)11-14)15-3-5-16(6-4-15)33(2,29)30/h3-6,9,12-14,18-19H,7-8,10-11H2,1-2H3,(H,25,27,28)/b17-9+/t14-,18+,19-. The third-order valence-electron chi connectivity index (χ3n) is 5.10. The molecule has 178 valence electrons. The van der Waals surface area contributed by atoms with Crippen molar-refractivity contribution in [1.29, 1.82) is 0 Å². The number of carbonyl (C=O) groups excluding carboxylic acids is 1. The maximum absolute atomic E-state index is 13.7. The monoisotopic (exact) mass is 497 g/mol. The number of ether oxygens (including phenoxy) is 1. The molecule has 1 N–H and O–H groups in total. The number of thioether (sulfide) groups is 1. The number of sulfone groups is 1. The SMILES string of the molecule is CSCCOc1cnc(NC(=O)/C(=C/[C@H]2C[C@@H](F)[C@@H](F)C2)c2ccc(S(C)(=O)=O)cc2)cn1. The highest BCUT2D eigenvalue weighted by molar-refractivity contribution is 7.98. The van der Waals surface area contributed by atoms with Gasteiger partial charge in [0.05, 0.1) is 23.9 Å². The van der Waals surface area contributed by atoms with Gasteiger partial charge in [-0.2, -0.15) is 11.8 Å². The molecule has 0 unspecified atom stereocenters. The fraction of sp³-hybridized carbons (Fsp3) is 0.409. The summed E-state index contributed by atoms with van der Waals surface area (Å²) in [5, 5.41) is 2.63. The first-order valence-electron chi connectivity index (χ1n) is 10.2. The van der Waals surface area contributed by atoms with Gasteiger partial charge in [-0.05, 0) is 42.7 Å². The first kappa shape index (κ1) is 25.1. The average molecular weight is 498 g/mol. The normalized spacial score (nSPS) is 21.1. The van der Waals surface area contributed by atoms with E-state index >= 15 is 0 Å². The third-order valence-corrected chi connectivity index (χ3v) is 6.80. The van der Waals surface area contributed by atoms with Crippen LogP contribution in [-0.4, -0.2) is 61.5 Å². The number of halogens is 2. The fourth-order valence-electron chi connectivity index (χ4n) is 3.39. The molecule has 0 spiro atoms. The highest BCUT2D eigenvalue weighted by Crippen LogP contribution is 2.34. The molecule has 1 amide bonds. The number of nitrogens with zero attached hydrogens (tertiary/aromatic N) is 2. The number of anilines is 1. The van der Waals surface area contributed by atoms with Gasteiger partial charge in [0.2, 0.25) is 5.88 Å². The predicted molar refractivity (Wildman–Crippen MR) is 125 cm³/mol. The van der Waals surface area contributed by atoms with E-state index in [0.29, 0.717) is 18.1 Å². The van der Waals surface area contributed by atoms with Crippen molar-refractivity contribution in [3.63, 3.8) is 0 Å². The molecule has 1 heterocycles. The van der Waals surface area contributed by atoms with E-state index in [4.69, 9.17) is 4.74 Å². The van der Waals surface area contributed by atoms with Crippen LogP contribution in [0.5, 0.6) is 5.88 Å². The molecule has 3 rings (SSSR count). The van der Waals surface area contributed by atoms with Gasteiger partial charge in [-0.25, -0.2) is 27.2 Å². The fourth-order valence-corrected chi connectivity index (χ4v) is 4.28. The molecule has 11 heteroatoms. The Hall–Kier alpha value is -2.53. The lowest BCUT2D eigenvalue weighted by molar-refractivity contribution is -0.111. The minimum absolute atomic E-state index is 0.0265. The first-order valence-corrected chi connectivity index (χ1v) is 13.5. The maximum atomic E-state index is 13.7. The van der Waals surface area contributed by atoms with E-state index in [9.17, 15) is 22.0 Å². The van der Waals surface area contributed by atoms with Crippen molar-refractivity contribution in [2.24, 2.45) is 5.92 Å². The van der Waals surface area contributed by atoms with Crippen LogP contribution >= 0.6 is 11.8 Å². The number of carbonyl (C=O) groups is 1. The molecular weight excluding hydrogens is 472 g/mol. The number of hydrogen-bond donors (Lipinski definition) is 1.